The van der Waals surface area contributed by atoms with Crippen molar-refractivity contribution in [3.63, 3.8) is 0 Å². The van der Waals surface area contributed by atoms with Gasteiger partial charge >= 0.3 is 0 Å². The van der Waals surface area contributed by atoms with E-state index in [4.69, 9.17) is 0 Å². The normalized spacial score (nSPS) is 18.2. The molecule has 0 aliphatic carbocycles. The molecule has 1 atom stereocenters. The van der Waals surface area contributed by atoms with Crippen LogP contribution in [0.15, 0.2) is 24.4 Å². The van der Waals surface area contributed by atoms with E-state index < -0.39 is 0 Å². The number of hydrogen-bond donors (Lipinski definition) is 1. The van der Waals surface area contributed by atoms with Gasteiger partial charge in [-0.25, -0.2) is 4.98 Å². The molecule has 2 aromatic rings. The molecule has 1 aliphatic heterocycles. The van der Waals surface area contributed by atoms with Crippen LogP contribution in [0.5, 0.6) is 0 Å². The van der Waals surface area contributed by atoms with Crippen LogP contribution < -0.4 is 5.32 Å². The topological polar surface area (TPSA) is 32.6 Å². The van der Waals surface area contributed by atoms with Gasteiger partial charge in [0.25, 0.3) is 0 Å². The SMILES string of the molecule is Cc1nc2ccccn2c1CNCC(C)N1CCCCC1. The van der Waals surface area contributed by atoms with Gasteiger partial charge in [-0.2, -0.15) is 0 Å². The molecule has 0 aromatic carbocycles. The van der Waals surface area contributed by atoms with Crippen LogP contribution in [0.25, 0.3) is 5.65 Å². The first-order chi connectivity index (χ1) is 10.3. The van der Waals surface area contributed by atoms with E-state index in [1.165, 1.54) is 38.0 Å². The maximum absolute atomic E-state index is 4.61. The van der Waals surface area contributed by atoms with Gasteiger partial charge in [0.2, 0.25) is 0 Å². The minimum absolute atomic E-state index is 0.616. The van der Waals surface area contributed by atoms with E-state index in [9.17, 15) is 0 Å². The lowest BCUT2D eigenvalue weighted by molar-refractivity contribution is 0.170. The molecule has 1 unspecified atom stereocenters. The first-order valence-corrected chi connectivity index (χ1v) is 8.13. The summed E-state index contributed by atoms with van der Waals surface area (Å²) in [5, 5.41) is 3.62. The van der Waals surface area contributed by atoms with Gasteiger partial charge < -0.3 is 9.72 Å². The van der Waals surface area contributed by atoms with Crippen LogP contribution in [-0.4, -0.2) is 40.0 Å². The van der Waals surface area contributed by atoms with Crippen molar-refractivity contribution in [2.45, 2.75) is 45.7 Å². The summed E-state index contributed by atoms with van der Waals surface area (Å²) in [6.45, 7) is 8.88. The predicted octanol–water partition coefficient (Wildman–Crippen LogP) is 2.61. The van der Waals surface area contributed by atoms with Crippen molar-refractivity contribution in [3.05, 3.63) is 35.8 Å². The summed E-state index contributed by atoms with van der Waals surface area (Å²) < 4.78 is 2.19. The van der Waals surface area contributed by atoms with Crippen molar-refractivity contribution >= 4 is 5.65 Å². The summed E-state index contributed by atoms with van der Waals surface area (Å²) in [6, 6.07) is 6.78. The third-order valence-corrected chi connectivity index (χ3v) is 4.58. The molecule has 1 saturated heterocycles. The molecule has 3 rings (SSSR count). The fourth-order valence-electron chi connectivity index (χ4n) is 3.26. The third kappa shape index (κ3) is 3.27. The van der Waals surface area contributed by atoms with E-state index in [1.807, 2.05) is 6.07 Å². The fraction of sp³-hybridized carbons (Fsp3) is 0.588. The number of rotatable bonds is 5. The van der Waals surface area contributed by atoms with E-state index in [0.717, 1.165) is 24.4 Å². The number of aryl methyl sites for hydroxylation is 1. The minimum Gasteiger partial charge on any atom is -0.310 e. The Kier molecular flexibility index (Phi) is 4.56. The van der Waals surface area contributed by atoms with Crippen molar-refractivity contribution in [2.75, 3.05) is 19.6 Å². The van der Waals surface area contributed by atoms with Crippen molar-refractivity contribution < 1.29 is 0 Å². The van der Waals surface area contributed by atoms with Crippen molar-refractivity contribution in [2.24, 2.45) is 0 Å². The van der Waals surface area contributed by atoms with Gasteiger partial charge in [-0.3, -0.25) is 4.90 Å². The average Bonchev–Trinajstić information content (AvgIpc) is 2.84. The van der Waals surface area contributed by atoms with Crippen LogP contribution in [-0.2, 0) is 6.54 Å². The number of aromatic nitrogens is 2. The van der Waals surface area contributed by atoms with Gasteiger partial charge in [0.15, 0.2) is 0 Å². The Balaban J connectivity index is 1.58. The summed E-state index contributed by atoms with van der Waals surface area (Å²) in [4.78, 5) is 7.22. The van der Waals surface area contributed by atoms with Crippen LogP contribution in [0.3, 0.4) is 0 Å². The van der Waals surface area contributed by atoms with Crippen molar-refractivity contribution in [3.8, 4) is 0 Å². The summed E-state index contributed by atoms with van der Waals surface area (Å²) in [7, 11) is 0. The Bertz CT molecular complexity index is 583. The Morgan fingerprint density at radius 2 is 2.05 bits per heavy atom. The van der Waals surface area contributed by atoms with Crippen LogP contribution in [0.1, 0.15) is 37.6 Å². The maximum Gasteiger partial charge on any atom is 0.137 e. The standard InChI is InChI=1S/C17H26N4/c1-14(20-9-5-3-6-10-20)12-18-13-16-15(2)19-17-8-4-7-11-21(16)17/h4,7-8,11,14,18H,3,5-6,9-10,12-13H2,1-2H3. The number of pyridine rings is 1. The number of fused-ring (bicyclic) bond motifs is 1. The fourth-order valence-corrected chi connectivity index (χ4v) is 3.26. The molecule has 2 aromatic heterocycles. The Morgan fingerprint density at radius 1 is 1.24 bits per heavy atom. The second-order valence-corrected chi connectivity index (χ2v) is 6.15. The number of hydrogen-bond acceptors (Lipinski definition) is 3. The highest BCUT2D eigenvalue weighted by Gasteiger charge is 2.16. The van der Waals surface area contributed by atoms with E-state index in [-0.39, 0.29) is 0 Å². The highest BCUT2D eigenvalue weighted by atomic mass is 15.2. The molecule has 4 heteroatoms. The van der Waals surface area contributed by atoms with Crippen LogP contribution in [0.2, 0.25) is 0 Å². The van der Waals surface area contributed by atoms with E-state index in [0.29, 0.717) is 6.04 Å². The van der Waals surface area contributed by atoms with Gasteiger partial charge in [0.1, 0.15) is 5.65 Å². The lowest BCUT2D eigenvalue weighted by atomic mass is 10.1. The molecule has 0 bridgehead atoms. The largest absolute Gasteiger partial charge is 0.310 e. The number of likely N-dealkylation sites (tertiary alicyclic amines) is 1. The highest BCUT2D eigenvalue weighted by molar-refractivity contribution is 5.42. The first-order valence-electron chi connectivity index (χ1n) is 8.13. The lowest BCUT2D eigenvalue weighted by Gasteiger charge is -2.32. The number of piperidine rings is 1. The molecule has 1 aliphatic rings. The zero-order valence-electron chi connectivity index (χ0n) is 13.2. The monoisotopic (exact) mass is 286 g/mol. The Labute approximate surface area is 127 Å². The Morgan fingerprint density at radius 3 is 2.86 bits per heavy atom. The van der Waals surface area contributed by atoms with E-state index in [1.54, 1.807) is 0 Å². The van der Waals surface area contributed by atoms with Crippen molar-refractivity contribution in [1.82, 2.24) is 19.6 Å². The van der Waals surface area contributed by atoms with E-state index in [2.05, 4.69) is 51.8 Å². The third-order valence-electron chi connectivity index (χ3n) is 4.58. The van der Waals surface area contributed by atoms with Crippen LogP contribution in [0, 0.1) is 6.92 Å². The zero-order chi connectivity index (χ0) is 14.7. The molecule has 0 amide bonds. The summed E-state index contributed by atoms with van der Waals surface area (Å²) in [5.74, 6) is 0. The molecule has 1 fully saturated rings. The molecular weight excluding hydrogens is 260 g/mol. The maximum atomic E-state index is 4.61. The molecule has 0 radical (unpaired) electrons. The smallest absolute Gasteiger partial charge is 0.137 e. The van der Waals surface area contributed by atoms with Gasteiger partial charge in [0, 0.05) is 25.3 Å². The van der Waals surface area contributed by atoms with E-state index >= 15 is 0 Å². The number of nitrogens with zero attached hydrogens (tertiary/aromatic N) is 3. The van der Waals surface area contributed by atoms with Gasteiger partial charge in [-0.05, 0) is 51.9 Å². The van der Waals surface area contributed by atoms with Gasteiger partial charge in [-0.1, -0.05) is 12.5 Å². The van der Waals surface area contributed by atoms with Crippen LogP contribution >= 0.6 is 0 Å². The molecule has 1 N–H and O–H groups in total. The zero-order valence-corrected chi connectivity index (χ0v) is 13.2. The quantitative estimate of drug-likeness (QED) is 0.917. The lowest BCUT2D eigenvalue weighted by Crippen LogP contribution is -2.43. The predicted molar refractivity (Wildman–Crippen MR) is 86.5 cm³/mol. The summed E-state index contributed by atoms with van der Waals surface area (Å²) >= 11 is 0. The second kappa shape index (κ2) is 6.58. The molecule has 114 valence electrons. The highest BCUT2D eigenvalue weighted by Crippen LogP contribution is 2.13. The number of nitrogens with one attached hydrogen (secondary N) is 1. The summed E-state index contributed by atoms with van der Waals surface area (Å²) in [6.07, 6.45) is 6.21. The van der Waals surface area contributed by atoms with Crippen LogP contribution in [0.4, 0.5) is 0 Å². The molecular formula is C17H26N4. The Hall–Kier alpha value is -1.39. The second-order valence-electron chi connectivity index (χ2n) is 6.15. The molecule has 4 nitrogen and oxygen atoms in total. The van der Waals surface area contributed by atoms with Crippen molar-refractivity contribution in [1.29, 1.82) is 0 Å². The van der Waals surface area contributed by atoms with Gasteiger partial charge in [0.05, 0.1) is 11.4 Å². The van der Waals surface area contributed by atoms with Gasteiger partial charge in [-0.15, -0.1) is 0 Å². The summed E-state index contributed by atoms with van der Waals surface area (Å²) in [5.41, 5.74) is 3.44. The minimum atomic E-state index is 0.616. The molecule has 21 heavy (non-hydrogen) atoms. The molecule has 0 spiro atoms. The average molecular weight is 286 g/mol. The molecule has 0 saturated carbocycles. The molecule has 3 heterocycles. The number of imidazole rings is 1. The first kappa shape index (κ1) is 14.5.